The van der Waals surface area contributed by atoms with Gasteiger partial charge < -0.3 is 5.32 Å². The van der Waals surface area contributed by atoms with Gasteiger partial charge in [0, 0.05) is 17.6 Å². The maximum atomic E-state index is 11.9. The van der Waals surface area contributed by atoms with Crippen molar-refractivity contribution in [1.82, 2.24) is 10.2 Å². The molecule has 1 aliphatic rings. The first-order chi connectivity index (χ1) is 9.09. The highest BCUT2D eigenvalue weighted by Crippen LogP contribution is 2.18. The smallest absolute Gasteiger partial charge is 0.288 e. The van der Waals surface area contributed by atoms with Crippen LogP contribution in [-0.2, 0) is 4.79 Å². The van der Waals surface area contributed by atoms with E-state index < -0.39 is 0 Å². The molecular weight excluding hydrogens is 332 g/mol. The molecule has 0 aromatic heterocycles. The fraction of sp³-hybridized carbons (Fsp3) is 0.250. The predicted octanol–water partition coefficient (Wildman–Crippen LogP) is 1.87. The van der Waals surface area contributed by atoms with E-state index in [2.05, 4.69) is 21.2 Å². The third kappa shape index (κ3) is 3.36. The lowest BCUT2D eigenvalue weighted by Crippen LogP contribution is -2.37. The largest absolute Gasteiger partial charge is 0.350 e. The fourth-order valence-electron chi connectivity index (χ4n) is 1.62. The average Bonchev–Trinajstić information content (AvgIpc) is 2.70. The Morgan fingerprint density at radius 3 is 2.74 bits per heavy atom. The zero-order valence-electron chi connectivity index (χ0n) is 9.89. The summed E-state index contributed by atoms with van der Waals surface area (Å²) in [7, 11) is 0. The van der Waals surface area contributed by atoms with Gasteiger partial charge >= 0.3 is 0 Å². The second-order valence-corrected chi connectivity index (χ2v) is 5.62. The maximum Gasteiger partial charge on any atom is 0.288 e. The topological polar surface area (TPSA) is 66.5 Å². The molecule has 0 bridgehead atoms. The third-order valence-corrected chi connectivity index (χ3v) is 4.13. The van der Waals surface area contributed by atoms with Gasteiger partial charge in [-0.05, 0) is 28.1 Å². The fourth-order valence-corrected chi connectivity index (χ4v) is 2.84. The number of thioether (sulfide) groups is 1. The lowest BCUT2D eigenvalue weighted by Gasteiger charge is -2.13. The molecule has 0 saturated carbocycles. The Hall–Kier alpha value is -1.34. The van der Waals surface area contributed by atoms with E-state index in [1.165, 1.54) is 0 Å². The van der Waals surface area contributed by atoms with Crippen LogP contribution in [0.3, 0.4) is 0 Å². The van der Waals surface area contributed by atoms with Crippen molar-refractivity contribution >= 4 is 44.7 Å². The average molecular weight is 343 g/mol. The van der Waals surface area contributed by atoms with Crippen molar-refractivity contribution in [2.24, 2.45) is 0 Å². The number of hydrogen-bond acceptors (Lipinski definition) is 4. The summed E-state index contributed by atoms with van der Waals surface area (Å²) in [4.78, 5) is 35.7. The summed E-state index contributed by atoms with van der Waals surface area (Å²) in [6, 6.07) is 7.06. The molecule has 1 fully saturated rings. The number of benzene rings is 1. The molecule has 0 aliphatic carbocycles. The van der Waals surface area contributed by atoms with Crippen molar-refractivity contribution in [2.75, 3.05) is 18.8 Å². The molecule has 1 aromatic rings. The van der Waals surface area contributed by atoms with Gasteiger partial charge in [0.25, 0.3) is 11.1 Å². The number of halogens is 1. The molecule has 1 heterocycles. The van der Waals surface area contributed by atoms with Gasteiger partial charge in [0.05, 0.1) is 11.3 Å². The van der Waals surface area contributed by atoms with Crippen LogP contribution in [0.25, 0.3) is 0 Å². The second kappa shape index (κ2) is 6.21. The van der Waals surface area contributed by atoms with Crippen molar-refractivity contribution in [2.45, 2.75) is 0 Å². The molecule has 0 radical (unpaired) electrons. The Morgan fingerprint density at radius 2 is 2.11 bits per heavy atom. The van der Waals surface area contributed by atoms with Crippen molar-refractivity contribution in [1.29, 1.82) is 0 Å². The Kier molecular flexibility index (Phi) is 4.60. The first-order valence-electron chi connectivity index (χ1n) is 5.59. The van der Waals surface area contributed by atoms with Gasteiger partial charge in [-0.15, -0.1) is 0 Å². The van der Waals surface area contributed by atoms with Gasteiger partial charge in [0.1, 0.15) is 0 Å². The normalized spacial score (nSPS) is 14.9. The van der Waals surface area contributed by atoms with Gasteiger partial charge in [0.15, 0.2) is 0 Å². The number of imide groups is 1. The Bertz CT molecular complexity index is 519. The highest BCUT2D eigenvalue weighted by molar-refractivity contribution is 9.10. The summed E-state index contributed by atoms with van der Waals surface area (Å²) in [6.45, 7) is 0.457. The molecule has 0 atom stereocenters. The van der Waals surface area contributed by atoms with Gasteiger partial charge in [0.2, 0.25) is 5.91 Å². The minimum atomic E-state index is -0.250. The molecule has 3 amide bonds. The van der Waals surface area contributed by atoms with E-state index in [1.54, 1.807) is 18.2 Å². The first kappa shape index (κ1) is 14.1. The van der Waals surface area contributed by atoms with Crippen LogP contribution in [0.4, 0.5) is 4.79 Å². The molecule has 19 heavy (non-hydrogen) atoms. The summed E-state index contributed by atoms with van der Waals surface area (Å²) in [5, 5.41) is 2.43. The van der Waals surface area contributed by atoms with E-state index >= 15 is 0 Å². The summed E-state index contributed by atoms with van der Waals surface area (Å²) in [6.07, 6.45) is 0. The quantitative estimate of drug-likeness (QED) is 0.907. The van der Waals surface area contributed by atoms with Crippen molar-refractivity contribution in [3.05, 3.63) is 34.3 Å². The lowest BCUT2D eigenvalue weighted by molar-refractivity contribution is -0.124. The Morgan fingerprint density at radius 1 is 1.37 bits per heavy atom. The number of carbonyl (C=O) groups excluding carboxylic acids is 3. The zero-order valence-corrected chi connectivity index (χ0v) is 12.3. The summed E-state index contributed by atoms with van der Waals surface area (Å²) in [5.41, 5.74) is 0.524. The molecule has 1 aromatic carbocycles. The van der Waals surface area contributed by atoms with E-state index in [-0.39, 0.29) is 35.9 Å². The second-order valence-electron chi connectivity index (χ2n) is 3.84. The molecule has 1 saturated heterocycles. The Labute approximate surface area is 122 Å². The van der Waals surface area contributed by atoms with E-state index in [9.17, 15) is 14.4 Å². The number of hydrogen-bond donors (Lipinski definition) is 1. The number of nitrogens with one attached hydrogen (secondary N) is 1. The van der Waals surface area contributed by atoms with Crippen molar-refractivity contribution in [3.63, 3.8) is 0 Å². The van der Waals surface area contributed by atoms with Crippen LogP contribution in [0.15, 0.2) is 28.7 Å². The van der Waals surface area contributed by atoms with Gasteiger partial charge in [-0.1, -0.05) is 23.9 Å². The van der Waals surface area contributed by atoms with Crippen LogP contribution in [0.1, 0.15) is 10.4 Å². The molecule has 1 N–H and O–H groups in total. The molecule has 0 unspecified atom stereocenters. The van der Waals surface area contributed by atoms with Crippen LogP contribution in [0, 0.1) is 0 Å². The Balaban J connectivity index is 1.86. The molecular formula is C12H11BrN2O3S. The van der Waals surface area contributed by atoms with Gasteiger partial charge in [-0.3, -0.25) is 19.3 Å². The first-order valence-corrected chi connectivity index (χ1v) is 7.37. The highest BCUT2D eigenvalue weighted by atomic mass is 79.9. The number of carbonyl (C=O) groups is 3. The number of rotatable bonds is 4. The van der Waals surface area contributed by atoms with E-state index in [0.717, 1.165) is 16.7 Å². The van der Waals surface area contributed by atoms with Crippen LogP contribution in [0.2, 0.25) is 0 Å². The molecule has 1 aliphatic heterocycles. The van der Waals surface area contributed by atoms with E-state index in [0.29, 0.717) is 10.0 Å². The monoisotopic (exact) mass is 342 g/mol. The van der Waals surface area contributed by atoms with Gasteiger partial charge in [-0.25, -0.2) is 0 Å². The third-order valence-electron chi connectivity index (χ3n) is 2.58. The van der Waals surface area contributed by atoms with E-state index in [1.807, 2.05) is 6.07 Å². The van der Waals surface area contributed by atoms with Crippen LogP contribution in [0.5, 0.6) is 0 Å². The SMILES string of the molecule is O=C(NCCN1C(=O)CSC1=O)c1ccccc1Br. The summed E-state index contributed by atoms with van der Waals surface area (Å²) in [5.74, 6) is -0.249. The number of amides is 3. The molecule has 7 heteroatoms. The maximum absolute atomic E-state index is 11.9. The zero-order chi connectivity index (χ0) is 13.8. The summed E-state index contributed by atoms with van der Waals surface area (Å²) >= 11 is 4.28. The van der Waals surface area contributed by atoms with Crippen molar-refractivity contribution < 1.29 is 14.4 Å². The molecule has 5 nitrogen and oxygen atoms in total. The van der Waals surface area contributed by atoms with Crippen molar-refractivity contribution in [3.8, 4) is 0 Å². The standard InChI is InChI=1S/C12H11BrN2O3S/c13-9-4-2-1-3-8(9)11(17)14-5-6-15-10(16)7-19-12(15)18/h1-4H,5-7H2,(H,14,17). The van der Waals surface area contributed by atoms with Crippen LogP contribution < -0.4 is 5.32 Å². The number of nitrogens with zero attached hydrogens (tertiary/aromatic N) is 1. The van der Waals surface area contributed by atoms with Crippen LogP contribution in [-0.4, -0.2) is 40.8 Å². The summed E-state index contributed by atoms with van der Waals surface area (Å²) < 4.78 is 0.705. The minimum Gasteiger partial charge on any atom is -0.350 e. The van der Waals surface area contributed by atoms with E-state index in [4.69, 9.17) is 0 Å². The lowest BCUT2D eigenvalue weighted by atomic mass is 10.2. The minimum absolute atomic E-state index is 0.191. The van der Waals surface area contributed by atoms with Gasteiger partial charge in [-0.2, -0.15) is 0 Å². The van der Waals surface area contributed by atoms with Crippen LogP contribution >= 0.6 is 27.7 Å². The predicted molar refractivity (Wildman–Crippen MR) is 76.0 cm³/mol. The molecule has 2 rings (SSSR count). The highest BCUT2D eigenvalue weighted by Gasteiger charge is 2.29. The molecule has 0 spiro atoms. The molecule has 100 valence electrons.